The summed E-state index contributed by atoms with van der Waals surface area (Å²) in [4.78, 5) is 11.3. The van der Waals surface area contributed by atoms with Gasteiger partial charge in [-0.1, -0.05) is 44.0 Å². The molecule has 64 valence electrons. The number of ketones is 1. The van der Waals surface area contributed by atoms with E-state index in [1.165, 1.54) is 0 Å². The third-order valence-corrected chi connectivity index (χ3v) is 2.38. The van der Waals surface area contributed by atoms with E-state index in [9.17, 15) is 4.79 Å². The monoisotopic (exact) mass is 290 g/mol. The highest BCUT2D eigenvalue weighted by molar-refractivity contribution is 9.10. The zero-order valence-electron chi connectivity index (χ0n) is 6.55. The number of rotatable bonds is 2. The van der Waals surface area contributed by atoms with Gasteiger partial charge >= 0.3 is 0 Å². The van der Waals surface area contributed by atoms with Crippen LogP contribution in [-0.2, 0) is 0 Å². The van der Waals surface area contributed by atoms with E-state index in [0.717, 1.165) is 10.0 Å². The second-order valence-electron chi connectivity index (χ2n) is 2.49. The molecule has 1 aromatic rings. The SMILES string of the molecule is C[C@@H](Br)C(=O)c1cccc(Br)c1. The van der Waals surface area contributed by atoms with Gasteiger partial charge in [0.1, 0.15) is 0 Å². The van der Waals surface area contributed by atoms with E-state index in [1.807, 2.05) is 31.2 Å². The molecule has 0 N–H and O–H groups in total. The first-order valence-electron chi connectivity index (χ1n) is 3.55. The van der Waals surface area contributed by atoms with Gasteiger partial charge in [0, 0.05) is 10.0 Å². The van der Waals surface area contributed by atoms with Crippen molar-refractivity contribution < 1.29 is 4.79 Å². The molecule has 0 bridgehead atoms. The third-order valence-electron chi connectivity index (χ3n) is 1.47. The van der Waals surface area contributed by atoms with Crippen molar-refractivity contribution in [2.75, 3.05) is 0 Å². The van der Waals surface area contributed by atoms with E-state index >= 15 is 0 Å². The second-order valence-corrected chi connectivity index (χ2v) is 4.78. The quantitative estimate of drug-likeness (QED) is 0.603. The van der Waals surface area contributed by atoms with E-state index in [0.29, 0.717) is 0 Å². The van der Waals surface area contributed by atoms with Gasteiger partial charge in [0.2, 0.25) is 0 Å². The first-order valence-corrected chi connectivity index (χ1v) is 5.26. The van der Waals surface area contributed by atoms with Crippen LogP contribution in [0.5, 0.6) is 0 Å². The topological polar surface area (TPSA) is 17.1 Å². The van der Waals surface area contributed by atoms with Crippen molar-refractivity contribution >= 4 is 37.6 Å². The summed E-state index contributed by atoms with van der Waals surface area (Å²) in [7, 11) is 0. The minimum Gasteiger partial charge on any atom is -0.293 e. The van der Waals surface area contributed by atoms with Gasteiger partial charge in [-0.3, -0.25) is 4.79 Å². The first kappa shape index (κ1) is 9.93. The maximum Gasteiger partial charge on any atom is 0.176 e. The number of benzene rings is 1. The minimum absolute atomic E-state index is 0.108. The van der Waals surface area contributed by atoms with Crippen molar-refractivity contribution in [1.29, 1.82) is 0 Å². The molecule has 0 unspecified atom stereocenters. The Labute approximate surface area is 88.4 Å². The fraction of sp³-hybridized carbons (Fsp3) is 0.222. The molecule has 0 aromatic heterocycles. The first-order chi connectivity index (χ1) is 5.61. The number of carbonyl (C=O) groups is 1. The lowest BCUT2D eigenvalue weighted by atomic mass is 10.1. The molecule has 0 spiro atoms. The zero-order chi connectivity index (χ0) is 9.14. The highest BCUT2D eigenvalue weighted by atomic mass is 79.9. The maximum atomic E-state index is 11.4. The lowest BCUT2D eigenvalue weighted by Crippen LogP contribution is -2.09. The predicted octanol–water partition coefficient (Wildman–Crippen LogP) is 3.42. The highest BCUT2D eigenvalue weighted by Crippen LogP contribution is 2.15. The Hall–Kier alpha value is -0.150. The largest absolute Gasteiger partial charge is 0.293 e. The summed E-state index contributed by atoms with van der Waals surface area (Å²) in [6.45, 7) is 1.82. The van der Waals surface area contributed by atoms with Crippen molar-refractivity contribution in [2.24, 2.45) is 0 Å². The summed E-state index contributed by atoms with van der Waals surface area (Å²) in [5, 5.41) is 0. The molecule has 12 heavy (non-hydrogen) atoms. The lowest BCUT2D eigenvalue weighted by molar-refractivity contribution is 0.0996. The molecule has 0 fully saturated rings. The molecule has 3 heteroatoms. The van der Waals surface area contributed by atoms with Crippen LogP contribution in [0.15, 0.2) is 28.7 Å². The number of carbonyl (C=O) groups excluding carboxylic acids is 1. The van der Waals surface area contributed by atoms with Gasteiger partial charge in [-0.05, 0) is 19.1 Å². The summed E-state index contributed by atoms with van der Waals surface area (Å²) in [6, 6.07) is 7.38. The summed E-state index contributed by atoms with van der Waals surface area (Å²) < 4.78 is 0.932. The highest BCUT2D eigenvalue weighted by Gasteiger charge is 2.10. The van der Waals surface area contributed by atoms with E-state index in [-0.39, 0.29) is 10.6 Å². The number of halogens is 2. The molecule has 0 radical (unpaired) electrons. The van der Waals surface area contributed by atoms with Gasteiger partial charge < -0.3 is 0 Å². The predicted molar refractivity (Wildman–Crippen MR) is 56.9 cm³/mol. The average Bonchev–Trinajstić information content (AvgIpc) is 2.03. The maximum absolute atomic E-state index is 11.4. The van der Waals surface area contributed by atoms with Gasteiger partial charge in [0.05, 0.1) is 4.83 Å². The molecule has 0 aliphatic rings. The van der Waals surface area contributed by atoms with Gasteiger partial charge in [0.25, 0.3) is 0 Å². The van der Waals surface area contributed by atoms with E-state index in [1.54, 1.807) is 0 Å². The Kier molecular flexibility index (Phi) is 3.47. The van der Waals surface area contributed by atoms with Crippen molar-refractivity contribution in [2.45, 2.75) is 11.8 Å². The smallest absolute Gasteiger partial charge is 0.176 e. The molecule has 0 aliphatic carbocycles. The fourth-order valence-electron chi connectivity index (χ4n) is 0.871. The molecule has 1 rings (SSSR count). The minimum atomic E-state index is -0.119. The van der Waals surface area contributed by atoms with Gasteiger partial charge in [-0.2, -0.15) is 0 Å². The Bertz CT molecular complexity index is 294. The third kappa shape index (κ3) is 2.42. The van der Waals surface area contributed by atoms with Gasteiger partial charge in [-0.25, -0.2) is 0 Å². The normalized spacial score (nSPS) is 12.6. The molecule has 1 aromatic carbocycles. The van der Waals surface area contributed by atoms with Crippen LogP contribution in [-0.4, -0.2) is 10.6 Å². The van der Waals surface area contributed by atoms with Crippen molar-refractivity contribution in [3.8, 4) is 0 Å². The van der Waals surface area contributed by atoms with E-state index in [4.69, 9.17) is 0 Å². The molecule has 0 amide bonds. The Balaban J connectivity index is 2.96. The number of hydrogen-bond donors (Lipinski definition) is 0. The Morgan fingerprint density at radius 1 is 1.50 bits per heavy atom. The van der Waals surface area contributed by atoms with Crippen LogP contribution in [0.1, 0.15) is 17.3 Å². The van der Waals surface area contributed by atoms with Crippen molar-refractivity contribution in [3.05, 3.63) is 34.3 Å². The van der Waals surface area contributed by atoms with Crippen LogP contribution < -0.4 is 0 Å². The molecule has 1 nitrogen and oxygen atoms in total. The molecular weight excluding hydrogens is 284 g/mol. The summed E-state index contributed by atoms with van der Waals surface area (Å²) >= 11 is 6.55. The molecule has 1 atom stereocenters. The van der Waals surface area contributed by atoms with Gasteiger partial charge in [-0.15, -0.1) is 0 Å². The summed E-state index contributed by atoms with van der Waals surface area (Å²) in [5.41, 5.74) is 0.730. The molecule has 0 saturated heterocycles. The van der Waals surface area contributed by atoms with Crippen LogP contribution in [0.3, 0.4) is 0 Å². The zero-order valence-corrected chi connectivity index (χ0v) is 9.72. The number of Topliss-reactive ketones (excluding diaryl/α,β-unsaturated/α-hetero) is 1. The second kappa shape index (κ2) is 4.19. The fourth-order valence-corrected chi connectivity index (χ4v) is 1.53. The van der Waals surface area contributed by atoms with Crippen LogP contribution in [0, 0.1) is 0 Å². The molecule has 0 saturated carbocycles. The molecule has 0 aliphatic heterocycles. The Morgan fingerprint density at radius 2 is 2.17 bits per heavy atom. The summed E-state index contributed by atoms with van der Waals surface area (Å²) in [5.74, 6) is 0.108. The number of hydrogen-bond acceptors (Lipinski definition) is 1. The van der Waals surface area contributed by atoms with Crippen LogP contribution in [0.2, 0.25) is 0 Å². The van der Waals surface area contributed by atoms with Gasteiger partial charge in [0.15, 0.2) is 5.78 Å². The lowest BCUT2D eigenvalue weighted by Gasteiger charge is -2.02. The van der Waals surface area contributed by atoms with E-state index < -0.39 is 0 Å². The van der Waals surface area contributed by atoms with Crippen molar-refractivity contribution in [1.82, 2.24) is 0 Å². The van der Waals surface area contributed by atoms with Crippen LogP contribution >= 0.6 is 31.9 Å². The summed E-state index contributed by atoms with van der Waals surface area (Å²) in [6.07, 6.45) is 0. The van der Waals surface area contributed by atoms with Crippen LogP contribution in [0.4, 0.5) is 0 Å². The molecular formula is C9H8Br2O. The van der Waals surface area contributed by atoms with Crippen molar-refractivity contribution in [3.63, 3.8) is 0 Å². The van der Waals surface area contributed by atoms with Crippen LogP contribution in [0.25, 0.3) is 0 Å². The molecule has 0 heterocycles. The average molecular weight is 292 g/mol. The Morgan fingerprint density at radius 3 is 2.67 bits per heavy atom. The number of alkyl halides is 1. The standard InChI is InChI=1S/C9H8Br2O/c1-6(10)9(12)7-3-2-4-8(11)5-7/h2-6H,1H3/t6-/m1/s1. The van der Waals surface area contributed by atoms with E-state index in [2.05, 4.69) is 31.9 Å².